The third-order valence-electron chi connectivity index (χ3n) is 6.88. The molecule has 1 saturated heterocycles. The first kappa shape index (κ1) is 23.6. The van der Waals surface area contributed by atoms with Gasteiger partial charge < -0.3 is 14.3 Å². The molecule has 3 aromatic rings. The van der Waals surface area contributed by atoms with E-state index in [1.54, 1.807) is 31.2 Å². The van der Waals surface area contributed by atoms with E-state index in [4.69, 9.17) is 8.94 Å². The second-order valence-electron chi connectivity index (χ2n) is 9.14. The fourth-order valence-corrected chi connectivity index (χ4v) is 6.74. The van der Waals surface area contributed by atoms with E-state index in [0.717, 1.165) is 19.3 Å². The number of rotatable bonds is 6. The van der Waals surface area contributed by atoms with Crippen molar-refractivity contribution in [2.24, 2.45) is 5.92 Å². The molecule has 0 bridgehead atoms. The van der Waals surface area contributed by atoms with Crippen molar-refractivity contribution in [2.45, 2.75) is 50.0 Å². The monoisotopic (exact) mass is 495 g/mol. The first-order valence-corrected chi connectivity index (χ1v) is 13.4. The number of sulfonamides is 1. The number of nitrogens with zero attached hydrogens (tertiary/aromatic N) is 2. The molecule has 1 atom stereocenters. The van der Waals surface area contributed by atoms with Crippen LogP contribution in [0.25, 0.3) is 12.2 Å². The maximum atomic E-state index is 13.5. The highest BCUT2D eigenvalue weighted by Crippen LogP contribution is 2.32. The number of carbonyl (C=O) groups is 1. The highest BCUT2D eigenvalue weighted by atomic mass is 32.2. The molecule has 184 valence electrons. The Balaban J connectivity index is 1.24. The molecule has 2 aliphatic rings. The van der Waals surface area contributed by atoms with Crippen LogP contribution in [0.2, 0.25) is 0 Å². The van der Waals surface area contributed by atoms with E-state index in [2.05, 4.69) is 22.6 Å². The zero-order valence-electron chi connectivity index (χ0n) is 19.6. The van der Waals surface area contributed by atoms with Crippen molar-refractivity contribution in [1.82, 2.24) is 14.8 Å². The van der Waals surface area contributed by atoms with Crippen molar-refractivity contribution < 1.29 is 22.2 Å². The lowest BCUT2D eigenvalue weighted by Crippen LogP contribution is -2.44. The van der Waals surface area contributed by atoms with Gasteiger partial charge in [-0.15, -0.1) is 0 Å². The summed E-state index contributed by atoms with van der Waals surface area (Å²) in [7, 11) is -3.82. The predicted octanol–water partition coefficient (Wildman–Crippen LogP) is 4.34. The number of fused-ring (bicyclic) bond motifs is 1. The van der Waals surface area contributed by atoms with Gasteiger partial charge in [0.05, 0.1) is 12.3 Å². The molecule has 1 N–H and O–H groups in total. The highest BCUT2D eigenvalue weighted by Gasteiger charge is 2.36. The number of piperidine rings is 1. The SMILES string of the molecule is Cc1noc(/C=C/c2ccco2)c1S(=O)(=O)N1CCC(C(=O)N[C@H]2CCCc3ccccc32)CC1. The van der Waals surface area contributed by atoms with Gasteiger partial charge in [-0.2, -0.15) is 4.31 Å². The smallest absolute Gasteiger partial charge is 0.248 e. The number of furan rings is 1. The van der Waals surface area contributed by atoms with Gasteiger partial charge in [0.15, 0.2) is 10.7 Å². The molecule has 1 aromatic carbocycles. The molecule has 0 radical (unpaired) electrons. The molecule has 1 fully saturated rings. The van der Waals surface area contributed by atoms with E-state index >= 15 is 0 Å². The first-order valence-electron chi connectivity index (χ1n) is 12.0. The van der Waals surface area contributed by atoms with Gasteiger partial charge >= 0.3 is 0 Å². The minimum absolute atomic E-state index is 0.00646. The Hall–Kier alpha value is -3.17. The van der Waals surface area contributed by atoms with Crippen molar-refractivity contribution in [2.75, 3.05) is 13.1 Å². The van der Waals surface area contributed by atoms with Crippen LogP contribution in [0.15, 0.2) is 56.5 Å². The Morgan fingerprint density at radius 3 is 2.69 bits per heavy atom. The average molecular weight is 496 g/mol. The summed E-state index contributed by atoms with van der Waals surface area (Å²) in [6, 6.07) is 11.8. The fraction of sp³-hybridized carbons (Fsp3) is 0.385. The standard InChI is InChI=1S/C26H29N3O5S/c1-18-25(24(34-28-18)12-11-21-8-5-17-33-21)35(31,32)29-15-13-20(14-16-29)26(30)27-23-10-4-7-19-6-2-3-9-22(19)23/h2-3,5-6,8-9,11-12,17,20,23H,4,7,10,13-16H2,1H3,(H,27,30)/b12-11+/t23-/m0/s1. The molecule has 9 heteroatoms. The molecule has 1 aliphatic heterocycles. The van der Waals surface area contributed by atoms with Gasteiger partial charge in [-0.05, 0) is 74.4 Å². The summed E-state index contributed by atoms with van der Waals surface area (Å²) in [5.41, 5.74) is 2.80. The van der Waals surface area contributed by atoms with Gasteiger partial charge in [-0.3, -0.25) is 4.79 Å². The Morgan fingerprint density at radius 1 is 1.11 bits per heavy atom. The van der Waals surface area contributed by atoms with E-state index in [0.29, 0.717) is 24.3 Å². The van der Waals surface area contributed by atoms with Gasteiger partial charge in [-0.1, -0.05) is 29.4 Å². The third-order valence-corrected chi connectivity index (χ3v) is 8.94. The number of hydrogen-bond acceptors (Lipinski definition) is 6. The van der Waals surface area contributed by atoms with E-state index in [1.807, 2.05) is 12.1 Å². The van der Waals surface area contributed by atoms with Crippen molar-refractivity contribution >= 4 is 28.1 Å². The Bertz CT molecular complexity index is 1320. The summed E-state index contributed by atoms with van der Waals surface area (Å²) in [5.74, 6) is 0.536. The third kappa shape index (κ3) is 4.83. The summed E-state index contributed by atoms with van der Waals surface area (Å²) in [6.45, 7) is 2.16. The molecule has 1 amide bonds. The van der Waals surface area contributed by atoms with Crippen molar-refractivity contribution in [3.8, 4) is 0 Å². The largest absolute Gasteiger partial charge is 0.465 e. The van der Waals surface area contributed by atoms with Crippen molar-refractivity contribution in [3.05, 3.63) is 71.0 Å². The molecule has 8 nitrogen and oxygen atoms in total. The van der Waals surface area contributed by atoms with Gasteiger partial charge in [0.1, 0.15) is 11.5 Å². The Kier molecular flexibility index (Phi) is 6.62. The van der Waals surface area contributed by atoms with Gasteiger partial charge in [-0.25, -0.2) is 8.42 Å². The van der Waals surface area contributed by atoms with Crippen LogP contribution in [0.3, 0.4) is 0 Å². The van der Waals surface area contributed by atoms with E-state index in [9.17, 15) is 13.2 Å². The molecule has 1 aliphatic carbocycles. The molecular weight excluding hydrogens is 466 g/mol. The van der Waals surface area contributed by atoms with Gasteiger partial charge in [0.25, 0.3) is 0 Å². The molecule has 5 rings (SSSR count). The maximum absolute atomic E-state index is 13.5. The molecule has 35 heavy (non-hydrogen) atoms. The van der Waals surface area contributed by atoms with Crippen LogP contribution >= 0.6 is 0 Å². The number of aryl methyl sites for hydroxylation is 2. The first-order chi connectivity index (χ1) is 16.9. The summed E-state index contributed by atoms with van der Waals surface area (Å²) in [6.07, 6.45) is 8.69. The van der Waals surface area contributed by atoms with Crippen LogP contribution in [0.5, 0.6) is 0 Å². The number of hydrogen-bond donors (Lipinski definition) is 1. The maximum Gasteiger partial charge on any atom is 0.248 e. The minimum atomic E-state index is -3.82. The van der Waals surface area contributed by atoms with Crippen LogP contribution in [-0.2, 0) is 21.2 Å². The molecule has 3 heterocycles. The van der Waals surface area contributed by atoms with Gasteiger partial charge in [0, 0.05) is 19.0 Å². The molecule has 0 saturated carbocycles. The lowest BCUT2D eigenvalue weighted by molar-refractivity contribution is -0.127. The van der Waals surface area contributed by atoms with Crippen LogP contribution in [0.1, 0.15) is 60.1 Å². The van der Waals surface area contributed by atoms with Crippen LogP contribution in [0, 0.1) is 12.8 Å². The minimum Gasteiger partial charge on any atom is -0.465 e. The fourth-order valence-electron chi connectivity index (χ4n) is 5.02. The Labute approximate surface area is 205 Å². The van der Waals surface area contributed by atoms with E-state index < -0.39 is 10.0 Å². The predicted molar refractivity (Wildman–Crippen MR) is 131 cm³/mol. The summed E-state index contributed by atoms with van der Waals surface area (Å²) < 4.78 is 38.9. The Morgan fingerprint density at radius 2 is 1.91 bits per heavy atom. The summed E-state index contributed by atoms with van der Waals surface area (Å²) >= 11 is 0. The number of amides is 1. The lowest BCUT2D eigenvalue weighted by Gasteiger charge is -2.32. The highest BCUT2D eigenvalue weighted by molar-refractivity contribution is 7.89. The number of nitrogens with one attached hydrogen (secondary N) is 1. The summed E-state index contributed by atoms with van der Waals surface area (Å²) in [4.78, 5) is 13.1. The molecular formula is C26H29N3O5S. The van der Waals surface area contributed by atoms with E-state index in [-0.39, 0.29) is 41.6 Å². The second-order valence-corrected chi connectivity index (χ2v) is 11.0. The average Bonchev–Trinajstić information content (AvgIpc) is 3.53. The zero-order chi connectivity index (χ0) is 24.4. The lowest BCUT2D eigenvalue weighted by atomic mass is 9.87. The van der Waals surface area contributed by atoms with E-state index in [1.165, 1.54) is 21.7 Å². The normalized spacial score (nSPS) is 19.6. The van der Waals surface area contributed by atoms with Crippen molar-refractivity contribution in [1.29, 1.82) is 0 Å². The molecule has 0 spiro atoms. The van der Waals surface area contributed by atoms with Gasteiger partial charge in [0.2, 0.25) is 15.9 Å². The quantitative estimate of drug-likeness (QED) is 0.545. The number of carbonyl (C=O) groups excluding carboxylic acids is 1. The van der Waals surface area contributed by atoms with Crippen LogP contribution in [0.4, 0.5) is 0 Å². The van der Waals surface area contributed by atoms with Crippen LogP contribution in [-0.4, -0.2) is 36.9 Å². The van der Waals surface area contributed by atoms with Crippen molar-refractivity contribution in [3.63, 3.8) is 0 Å². The molecule has 2 aromatic heterocycles. The number of aromatic nitrogens is 1. The second kappa shape index (κ2) is 9.83. The molecule has 0 unspecified atom stereocenters. The topological polar surface area (TPSA) is 106 Å². The summed E-state index contributed by atoms with van der Waals surface area (Å²) in [5, 5.41) is 7.10. The number of benzene rings is 1. The zero-order valence-corrected chi connectivity index (χ0v) is 20.5. The van der Waals surface area contributed by atoms with Crippen LogP contribution < -0.4 is 5.32 Å².